The molecular formula is C28H34N4O2. The number of nitrogens with one attached hydrogen (secondary N) is 2. The van der Waals surface area contributed by atoms with Gasteiger partial charge in [0.25, 0.3) is 0 Å². The zero-order chi connectivity index (χ0) is 23.9. The Kier molecular flexibility index (Phi) is 7.93. The maximum absolute atomic E-state index is 5.32. The van der Waals surface area contributed by atoms with E-state index in [-0.39, 0.29) is 12.2 Å². The molecular weight excluding hydrogens is 424 g/mol. The predicted octanol–water partition coefficient (Wildman–Crippen LogP) is 6.07. The molecule has 2 aromatic carbocycles. The molecule has 0 saturated carbocycles. The highest BCUT2D eigenvalue weighted by Crippen LogP contribution is 2.27. The summed E-state index contributed by atoms with van der Waals surface area (Å²) in [4.78, 5) is 15.9. The molecule has 0 aliphatic rings. The predicted molar refractivity (Wildman–Crippen MR) is 137 cm³/mol. The minimum absolute atomic E-state index is 0.235. The third kappa shape index (κ3) is 6.01. The standard InChI is InChI=1S/C28H34N4O2/c1-19(33-3)5-15-27-29-17-25(31-27)23-11-7-21(8-12-23)22-9-13-24(14-10-22)26-18-30-28(32-26)16-6-20(2)34-4/h7-14,17-20H,5-6,15-16H2,1-4H3,(H,29,31)(H,30,32). The first-order valence-electron chi connectivity index (χ1n) is 11.9. The number of ether oxygens (including phenoxy) is 2. The number of aromatic nitrogens is 4. The van der Waals surface area contributed by atoms with Gasteiger partial charge in [-0.3, -0.25) is 0 Å². The van der Waals surface area contributed by atoms with Crippen LogP contribution in [0, 0.1) is 0 Å². The first kappa shape index (κ1) is 23.9. The zero-order valence-corrected chi connectivity index (χ0v) is 20.5. The van der Waals surface area contributed by atoms with Gasteiger partial charge in [-0.1, -0.05) is 48.5 Å². The first-order valence-corrected chi connectivity index (χ1v) is 11.9. The van der Waals surface area contributed by atoms with Crippen LogP contribution in [0.1, 0.15) is 38.3 Å². The van der Waals surface area contributed by atoms with E-state index in [9.17, 15) is 0 Å². The van der Waals surface area contributed by atoms with Gasteiger partial charge < -0.3 is 19.4 Å². The van der Waals surface area contributed by atoms with E-state index < -0.39 is 0 Å². The fourth-order valence-corrected chi connectivity index (χ4v) is 3.87. The van der Waals surface area contributed by atoms with Gasteiger partial charge in [-0.05, 0) is 48.9 Å². The summed E-state index contributed by atoms with van der Waals surface area (Å²) in [7, 11) is 3.49. The van der Waals surface area contributed by atoms with E-state index in [0.717, 1.165) is 59.8 Å². The van der Waals surface area contributed by atoms with Crippen molar-refractivity contribution in [2.24, 2.45) is 0 Å². The van der Waals surface area contributed by atoms with Gasteiger partial charge >= 0.3 is 0 Å². The van der Waals surface area contributed by atoms with Crippen molar-refractivity contribution in [3.05, 3.63) is 72.6 Å². The van der Waals surface area contributed by atoms with Gasteiger partial charge in [0, 0.05) is 27.1 Å². The van der Waals surface area contributed by atoms with Gasteiger partial charge in [-0.2, -0.15) is 0 Å². The lowest BCUT2D eigenvalue weighted by molar-refractivity contribution is 0.111. The Balaban J connectivity index is 1.39. The molecule has 2 unspecified atom stereocenters. The Morgan fingerprint density at radius 1 is 0.618 bits per heavy atom. The van der Waals surface area contributed by atoms with Crippen LogP contribution in [-0.4, -0.2) is 46.4 Å². The van der Waals surface area contributed by atoms with E-state index in [1.165, 1.54) is 11.1 Å². The number of rotatable bonds is 11. The molecule has 0 amide bonds. The van der Waals surface area contributed by atoms with Crippen LogP contribution in [-0.2, 0) is 22.3 Å². The highest BCUT2D eigenvalue weighted by atomic mass is 16.5. The Bertz CT molecular complexity index is 1070. The van der Waals surface area contributed by atoms with Gasteiger partial charge in [0.05, 0.1) is 36.0 Å². The van der Waals surface area contributed by atoms with Gasteiger partial charge in [0.2, 0.25) is 0 Å². The van der Waals surface area contributed by atoms with Crippen LogP contribution in [0.15, 0.2) is 60.9 Å². The van der Waals surface area contributed by atoms with E-state index in [1.54, 1.807) is 14.2 Å². The van der Waals surface area contributed by atoms with E-state index in [1.807, 2.05) is 12.4 Å². The molecule has 2 N–H and O–H groups in total. The highest BCUT2D eigenvalue weighted by Gasteiger charge is 2.08. The largest absolute Gasteiger partial charge is 0.382 e. The van der Waals surface area contributed by atoms with E-state index in [4.69, 9.17) is 9.47 Å². The molecule has 6 heteroatoms. The number of aromatic amines is 2. The minimum atomic E-state index is 0.235. The second kappa shape index (κ2) is 11.3. The van der Waals surface area contributed by atoms with Gasteiger partial charge in [-0.15, -0.1) is 0 Å². The zero-order valence-electron chi connectivity index (χ0n) is 20.5. The topological polar surface area (TPSA) is 75.8 Å². The van der Waals surface area contributed by atoms with Crippen LogP contribution in [0.3, 0.4) is 0 Å². The second-order valence-electron chi connectivity index (χ2n) is 8.81. The molecule has 6 nitrogen and oxygen atoms in total. The Labute approximate surface area is 201 Å². The number of nitrogens with zero attached hydrogens (tertiary/aromatic N) is 2. The van der Waals surface area contributed by atoms with Crippen LogP contribution in [0.4, 0.5) is 0 Å². The van der Waals surface area contributed by atoms with E-state index >= 15 is 0 Å². The summed E-state index contributed by atoms with van der Waals surface area (Å²) in [6, 6.07) is 17.2. The van der Waals surface area contributed by atoms with Crippen LogP contribution < -0.4 is 0 Å². The molecule has 0 radical (unpaired) electrons. The summed E-state index contributed by atoms with van der Waals surface area (Å²) in [6.07, 6.45) is 7.94. The van der Waals surface area contributed by atoms with Crippen molar-refractivity contribution in [1.29, 1.82) is 0 Å². The molecule has 34 heavy (non-hydrogen) atoms. The molecule has 0 aliphatic carbocycles. The van der Waals surface area contributed by atoms with Crippen molar-refractivity contribution in [1.82, 2.24) is 19.9 Å². The normalized spacial score (nSPS) is 13.2. The van der Waals surface area contributed by atoms with Crippen LogP contribution in [0.25, 0.3) is 33.6 Å². The minimum Gasteiger partial charge on any atom is -0.382 e. The van der Waals surface area contributed by atoms with Crippen molar-refractivity contribution in [2.45, 2.75) is 51.7 Å². The fourth-order valence-electron chi connectivity index (χ4n) is 3.87. The van der Waals surface area contributed by atoms with Crippen molar-refractivity contribution >= 4 is 0 Å². The number of hydrogen-bond donors (Lipinski definition) is 2. The fraction of sp³-hybridized carbons (Fsp3) is 0.357. The monoisotopic (exact) mass is 458 g/mol. The molecule has 2 heterocycles. The van der Waals surface area contributed by atoms with Crippen molar-refractivity contribution in [3.8, 4) is 33.6 Å². The lowest BCUT2D eigenvalue weighted by Gasteiger charge is -2.07. The number of benzene rings is 2. The summed E-state index contributed by atoms with van der Waals surface area (Å²) in [5.41, 5.74) is 6.71. The molecule has 2 aromatic heterocycles. The first-order chi connectivity index (χ1) is 16.6. The highest BCUT2D eigenvalue weighted by molar-refractivity contribution is 5.71. The van der Waals surface area contributed by atoms with Crippen LogP contribution in [0.5, 0.6) is 0 Å². The molecule has 2 atom stereocenters. The molecule has 0 spiro atoms. The summed E-state index contributed by atoms with van der Waals surface area (Å²) >= 11 is 0. The Morgan fingerprint density at radius 3 is 1.32 bits per heavy atom. The molecule has 0 aliphatic heterocycles. The number of imidazole rings is 2. The van der Waals surface area contributed by atoms with E-state index in [2.05, 4.69) is 82.3 Å². The Morgan fingerprint density at radius 2 is 0.971 bits per heavy atom. The summed E-state index contributed by atoms with van der Waals surface area (Å²) in [5.74, 6) is 1.99. The van der Waals surface area contributed by atoms with Crippen molar-refractivity contribution in [3.63, 3.8) is 0 Å². The number of H-pyrrole nitrogens is 2. The molecule has 4 aromatic rings. The number of aryl methyl sites for hydroxylation is 2. The Hall–Kier alpha value is -3.22. The molecule has 0 bridgehead atoms. The maximum atomic E-state index is 5.32. The summed E-state index contributed by atoms with van der Waals surface area (Å²) in [6.45, 7) is 4.15. The van der Waals surface area contributed by atoms with Crippen LogP contribution >= 0.6 is 0 Å². The van der Waals surface area contributed by atoms with Gasteiger partial charge in [-0.25, -0.2) is 9.97 Å². The van der Waals surface area contributed by atoms with E-state index in [0.29, 0.717) is 0 Å². The molecule has 4 rings (SSSR count). The smallest absolute Gasteiger partial charge is 0.106 e. The quantitative estimate of drug-likeness (QED) is 0.286. The molecule has 178 valence electrons. The average Bonchev–Trinajstić information content (AvgIpc) is 3.56. The van der Waals surface area contributed by atoms with Crippen molar-refractivity contribution in [2.75, 3.05) is 14.2 Å². The lowest BCUT2D eigenvalue weighted by Crippen LogP contribution is -2.06. The van der Waals surface area contributed by atoms with Crippen molar-refractivity contribution < 1.29 is 9.47 Å². The lowest BCUT2D eigenvalue weighted by atomic mass is 10.0. The average molecular weight is 459 g/mol. The van der Waals surface area contributed by atoms with Gasteiger partial charge in [0.15, 0.2) is 0 Å². The third-order valence-electron chi connectivity index (χ3n) is 6.36. The van der Waals surface area contributed by atoms with Gasteiger partial charge in [0.1, 0.15) is 11.6 Å². The summed E-state index contributed by atoms with van der Waals surface area (Å²) < 4.78 is 10.6. The molecule has 0 saturated heterocycles. The van der Waals surface area contributed by atoms with Crippen LogP contribution in [0.2, 0.25) is 0 Å². The number of hydrogen-bond acceptors (Lipinski definition) is 4. The summed E-state index contributed by atoms with van der Waals surface area (Å²) in [5, 5.41) is 0. The maximum Gasteiger partial charge on any atom is 0.106 e. The SMILES string of the molecule is COC(C)CCc1ncc(-c2ccc(-c3ccc(-c4cnc(CCC(C)OC)[nH]4)cc3)cc2)[nH]1. The molecule has 0 fully saturated rings. The third-order valence-corrected chi connectivity index (χ3v) is 6.36. The number of methoxy groups -OCH3 is 2. The second-order valence-corrected chi connectivity index (χ2v) is 8.81.